The number of rotatable bonds is 11. The topological polar surface area (TPSA) is 130 Å². The first-order valence-corrected chi connectivity index (χ1v) is 12.4. The lowest BCUT2D eigenvalue weighted by Gasteiger charge is -2.20. The van der Waals surface area contributed by atoms with Crippen molar-refractivity contribution in [2.45, 2.75) is 44.8 Å². The quantitative estimate of drug-likeness (QED) is 0.487. The molecule has 2 rings (SSSR count). The van der Waals surface area contributed by atoms with Crippen LogP contribution in [-0.4, -0.2) is 67.2 Å². The maximum absolute atomic E-state index is 13.6. The second-order valence-corrected chi connectivity index (χ2v) is 10.2. The van der Waals surface area contributed by atoms with Crippen LogP contribution in [0.4, 0.5) is 10.3 Å². The zero-order valence-corrected chi connectivity index (χ0v) is 20.6. The molecule has 0 fully saturated rings. The molecular weight excluding hydrogens is 465 g/mol. The number of methoxy groups -OCH3 is 1. The Labute approximate surface area is 199 Å². The minimum absolute atomic E-state index is 0.0378. The lowest BCUT2D eigenvalue weighted by molar-refractivity contribution is -0.140. The molecule has 0 saturated heterocycles. The van der Waals surface area contributed by atoms with Gasteiger partial charge >= 0.3 is 5.97 Å². The molecule has 0 aliphatic rings. The van der Waals surface area contributed by atoms with Crippen LogP contribution in [0.25, 0.3) is 17.3 Å². The van der Waals surface area contributed by atoms with Crippen molar-refractivity contribution in [1.82, 2.24) is 9.97 Å². The normalized spacial score (nSPS) is 13.9. The monoisotopic (exact) mass is 495 g/mol. The van der Waals surface area contributed by atoms with Crippen molar-refractivity contribution in [2.75, 3.05) is 24.7 Å². The Morgan fingerprint density at radius 3 is 2.35 bits per heavy atom. The average Bonchev–Trinajstić information content (AvgIpc) is 2.75. The van der Waals surface area contributed by atoms with Crippen molar-refractivity contribution < 1.29 is 32.6 Å². The van der Waals surface area contributed by atoms with Crippen molar-refractivity contribution in [3.05, 3.63) is 47.4 Å². The third-order valence-electron chi connectivity index (χ3n) is 5.13. The van der Waals surface area contributed by atoms with Crippen molar-refractivity contribution in [3.63, 3.8) is 0 Å². The summed E-state index contributed by atoms with van der Waals surface area (Å²) in [6.07, 6.45) is 2.22. The second-order valence-electron chi connectivity index (χ2n) is 8.18. The van der Waals surface area contributed by atoms with E-state index in [1.54, 1.807) is 6.08 Å². The average molecular weight is 496 g/mol. The Bertz CT molecular complexity index is 1140. The van der Waals surface area contributed by atoms with Gasteiger partial charge in [-0.25, -0.2) is 27.1 Å². The fourth-order valence-electron chi connectivity index (χ4n) is 3.21. The maximum Gasteiger partial charge on any atom is 0.305 e. The SMILES string of the molecule is COC(CC(=O)O)C[C@H](O)/C=C/c1c(-c2ccc(F)cc2)nc(N(C)S(C)(=O)=O)nc1C(C)C. The van der Waals surface area contributed by atoms with Gasteiger partial charge in [-0.15, -0.1) is 0 Å². The first-order valence-electron chi connectivity index (χ1n) is 10.6. The van der Waals surface area contributed by atoms with Crippen molar-refractivity contribution in [3.8, 4) is 11.3 Å². The summed E-state index contributed by atoms with van der Waals surface area (Å²) < 4.78 is 43.9. The predicted molar refractivity (Wildman–Crippen MR) is 127 cm³/mol. The number of aliphatic hydroxyl groups excluding tert-OH is 1. The van der Waals surface area contributed by atoms with E-state index in [0.29, 0.717) is 22.5 Å². The number of sulfonamides is 1. The summed E-state index contributed by atoms with van der Waals surface area (Å²) in [5.41, 5.74) is 1.95. The lowest BCUT2D eigenvalue weighted by atomic mass is 9.97. The van der Waals surface area contributed by atoms with Gasteiger partial charge in [0.25, 0.3) is 0 Å². The number of aliphatic carboxylic acids is 1. The molecule has 1 unspecified atom stereocenters. The fraction of sp³-hybridized carbons (Fsp3) is 0.435. The summed E-state index contributed by atoms with van der Waals surface area (Å²) in [7, 11) is -0.924. The van der Waals surface area contributed by atoms with Crippen LogP contribution in [0.2, 0.25) is 0 Å². The molecule has 186 valence electrons. The van der Waals surface area contributed by atoms with E-state index in [-0.39, 0.29) is 24.7 Å². The largest absolute Gasteiger partial charge is 0.481 e. The molecule has 0 aliphatic carbocycles. The van der Waals surface area contributed by atoms with Crippen LogP contribution in [0, 0.1) is 5.82 Å². The molecule has 0 saturated carbocycles. The highest BCUT2D eigenvalue weighted by Gasteiger charge is 2.22. The Kier molecular flexibility index (Phi) is 9.25. The highest BCUT2D eigenvalue weighted by molar-refractivity contribution is 7.92. The smallest absolute Gasteiger partial charge is 0.305 e. The van der Waals surface area contributed by atoms with Crippen LogP contribution >= 0.6 is 0 Å². The third-order valence-corrected chi connectivity index (χ3v) is 6.29. The summed E-state index contributed by atoms with van der Waals surface area (Å²) in [6, 6.07) is 5.58. The molecular formula is C23H30FN3O6S. The zero-order chi connectivity index (χ0) is 25.6. The van der Waals surface area contributed by atoms with E-state index in [9.17, 15) is 22.7 Å². The summed E-state index contributed by atoms with van der Waals surface area (Å²) in [4.78, 5) is 19.9. The molecule has 2 atom stereocenters. The number of carbonyl (C=O) groups is 1. The molecule has 9 nitrogen and oxygen atoms in total. The summed E-state index contributed by atoms with van der Waals surface area (Å²) in [5.74, 6) is -1.66. The molecule has 1 aromatic carbocycles. The van der Waals surface area contributed by atoms with Crippen molar-refractivity contribution in [1.29, 1.82) is 0 Å². The zero-order valence-electron chi connectivity index (χ0n) is 19.8. The number of carboxylic acid groups (broad SMARTS) is 1. The van der Waals surface area contributed by atoms with Crippen molar-refractivity contribution >= 4 is 28.0 Å². The van der Waals surface area contributed by atoms with Crippen LogP contribution in [0.3, 0.4) is 0 Å². The van der Waals surface area contributed by atoms with E-state index in [1.807, 2.05) is 13.8 Å². The van der Waals surface area contributed by atoms with Crippen LogP contribution in [0.15, 0.2) is 30.3 Å². The number of aliphatic hydroxyl groups is 1. The number of ether oxygens (including phenoxy) is 1. The Morgan fingerprint density at radius 1 is 1.24 bits per heavy atom. The molecule has 0 radical (unpaired) electrons. The number of carboxylic acids is 1. The number of halogens is 1. The molecule has 11 heteroatoms. The molecule has 34 heavy (non-hydrogen) atoms. The number of hydrogen-bond donors (Lipinski definition) is 2. The number of hydrogen-bond acceptors (Lipinski definition) is 7. The highest BCUT2D eigenvalue weighted by Crippen LogP contribution is 2.31. The van der Waals surface area contributed by atoms with Crippen LogP contribution in [0.5, 0.6) is 0 Å². The van der Waals surface area contributed by atoms with Crippen molar-refractivity contribution in [2.24, 2.45) is 0 Å². The van der Waals surface area contributed by atoms with Gasteiger partial charge in [-0.1, -0.05) is 26.0 Å². The van der Waals surface area contributed by atoms with Gasteiger partial charge in [-0.05, 0) is 30.2 Å². The van der Waals surface area contributed by atoms with Crippen LogP contribution < -0.4 is 4.31 Å². The molecule has 2 aromatic rings. The second kappa shape index (κ2) is 11.5. The number of nitrogens with zero attached hydrogens (tertiary/aromatic N) is 3. The minimum atomic E-state index is -3.64. The molecule has 1 heterocycles. The fourth-order valence-corrected chi connectivity index (χ4v) is 3.59. The van der Waals surface area contributed by atoms with Gasteiger partial charge in [0, 0.05) is 31.7 Å². The van der Waals surface area contributed by atoms with Gasteiger partial charge in [0.05, 0.1) is 36.3 Å². The number of aromatic nitrogens is 2. The van der Waals surface area contributed by atoms with E-state index in [0.717, 1.165) is 10.6 Å². The van der Waals surface area contributed by atoms with Gasteiger partial charge in [0.1, 0.15) is 5.82 Å². The van der Waals surface area contributed by atoms with Gasteiger partial charge in [-0.3, -0.25) is 4.79 Å². The number of benzene rings is 1. The molecule has 0 spiro atoms. The van der Waals surface area contributed by atoms with Gasteiger partial charge in [0.2, 0.25) is 16.0 Å². The first kappa shape index (κ1) is 27.4. The Morgan fingerprint density at radius 2 is 1.85 bits per heavy atom. The third kappa shape index (κ3) is 7.31. The van der Waals surface area contributed by atoms with E-state index < -0.39 is 34.0 Å². The molecule has 1 aromatic heterocycles. The highest BCUT2D eigenvalue weighted by atomic mass is 32.2. The maximum atomic E-state index is 13.6. The standard InChI is InChI=1S/C23H30FN3O6S/c1-14(2)21-19(11-10-17(28)12-18(33-4)13-20(29)30)22(15-6-8-16(24)9-7-15)26-23(25-21)27(3)34(5,31)32/h6-11,14,17-18,28H,12-13H2,1-5H3,(H,29,30)/b11-10+/t17-,18?/m1/s1. The Hall–Kier alpha value is -2.89. The predicted octanol–water partition coefficient (Wildman–Crippen LogP) is 3.06. The first-order chi connectivity index (χ1) is 15.8. The van der Waals surface area contributed by atoms with E-state index in [2.05, 4.69) is 9.97 Å². The van der Waals surface area contributed by atoms with Crippen LogP contribution in [0.1, 0.15) is 43.9 Å². The van der Waals surface area contributed by atoms with Gasteiger partial charge < -0.3 is 14.9 Å². The van der Waals surface area contributed by atoms with E-state index in [4.69, 9.17) is 9.84 Å². The Balaban J connectivity index is 2.61. The summed E-state index contributed by atoms with van der Waals surface area (Å²) in [6.45, 7) is 3.76. The molecule has 0 bridgehead atoms. The van der Waals surface area contributed by atoms with Crippen LogP contribution in [-0.2, 0) is 19.6 Å². The minimum Gasteiger partial charge on any atom is -0.481 e. The summed E-state index contributed by atoms with van der Waals surface area (Å²) in [5, 5.41) is 19.4. The lowest BCUT2D eigenvalue weighted by Crippen LogP contribution is -2.27. The summed E-state index contributed by atoms with van der Waals surface area (Å²) >= 11 is 0. The van der Waals surface area contributed by atoms with Gasteiger partial charge in [0.15, 0.2) is 0 Å². The van der Waals surface area contributed by atoms with Gasteiger partial charge in [-0.2, -0.15) is 0 Å². The molecule has 2 N–H and O–H groups in total. The molecule has 0 aliphatic heterocycles. The molecule has 0 amide bonds. The van der Waals surface area contributed by atoms with E-state index >= 15 is 0 Å². The number of anilines is 1. The van der Waals surface area contributed by atoms with E-state index in [1.165, 1.54) is 44.5 Å².